The molecule has 1 aromatic rings. The van der Waals surface area contributed by atoms with Crippen LogP contribution in [0.4, 0.5) is 5.69 Å². The number of anilines is 1. The van der Waals surface area contributed by atoms with E-state index in [1.165, 1.54) is 8.93 Å². The van der Waals surface area contributed by atoms with Gasteiger partial charge in [0.1, 0.15) is 5.15 Å². The highest BCUT2D eigenvalue weighted by molar-refractivity contribution is 14.2. The number of hydrogen-bond donors (Lipinski definition) is 1. The van der Waals surface area contributed by atoms with Gasteiger partial charge in [-0.15, -0.1) is 0 Å². The fourth-order valence-electron chi connectivity index (χ4n) is 0.623. The van der Waals surface area contributed by atoms with Gasteiger partial charge in [-0.25, -0.2) is 4.98 Å². The Hall–Kier alpha value is -0.120. The zero-order valence-electron chi connectivity index (χ0n) is 7.84. The SMILES string of the molecule is CC.Nc1cc(Cl)ncc1C#CSI. The van der Waals surface area contributed by atoms with E-state index in [0.29, 0.717) is 16.4 Å². The summed E-state index contributed by atoms with van der Waals surface area (Å²) in [6.07, 6.45) is 1.57. The molecule has 14 heavy (non-hydrogen) atoms. The van der Waals surface area contributed by atoms with E-state index in [-0.39, 0.29) is 0 Å². The number of pyridine rings is 1. The molecule has 0 saturated carbocycles. The molecular weight excluding hydrogens is 331 g/mol. The van der Waals surface area contributed by atoms with Crippen LogP contribution in [0.25, 0.3) is 0 Å². The second-order valence-corrected chi connectivity index (χ2v) is 3.97. The minimum Gasteiger partial charge on any atom is -0.398 e. The molecule has 0 aliphatic rings. The summed E-state index contributed by atoms with van der Waals surface area (Å²) in [5.74, 6) is 2.85. The van der Waals surface area contributed by atoms with E-state index in [1.54, 1.807) is 12.3 Å². The van der Waals surface area contributed by atoms with E-state index in [2.05, 4.69) is 37.4 Å². The first-order chi connectivity index (χ1) is 6.74. The van der Waals surface area contributed by atoms with E-state index >= 15 is 0 Å². The molecule has 1 heterocycles. The van der Waals surface area contributed by atoms with Gasteiger partial charge in [0.15, 0.2) is 0 Å². The zero-order valence-corrected chi connectivity index (χ0v) is 11.6. The quantitative estimate of drug-likeness (QED) is 0.444. The van der Waals surface area contributed by atoms with Gasteiger partial charge in [0.2, 0.25) is 0 Å². The van der Waals surface area contributed by atoms with Gasteiger partial charge in [0.25, 0.3) is 0 Å². The van der Waals surface area contributed by atoms with Gasteiger partial charge in [0.05, 0.1) is 11.3 Å². The molecule has 0 aliphatic carbocycles. The van der Waals surface area contributed by atoms with Gasteiger partial charge in [-0.2, -0.15) is 0 Å². The summed E-state index contributed by atoms with van der Waals surface area (Å²) in [4.78, 5) is 3.86. The van der Waals surface area contributed by atoms with Crippen LogP contribution in [-0.4, -0.2) is 4.98 Å². The van der Waals surface area contributed by atoms with E-state index in [4.69, 9.17) is 17.3 Å². The van der Waals surface area contributed by atoms with Crippen molar-refractivity contribution in [3.05, 3.63) is 23.0 Å². The molecule has 0 bridgehead atoms. The van der Waals surface area contributed by atoms with Crippen molar-refractivity contribution in [2.24, 2.45) is 0 Å². The van der Waals surface area contributed by atoms with Gasteiger partial charge < -0.3 is 5.73 Å². The summed E-state index contributed by atoms with van der Waals surface area (Å²) < 4.78 is 0. The number of nitrogens with two attached hydrogens (primary N) is 1. The maximum absolute atomic E-state index is 5.62. The third-order valence-electron chi connectivity index (χ3n) is 1.13. The highest BCUT2D eigenvalue weighted by atomic mass is 127. The van der Waals surface area contributed by atoms with E-state index < -0.39 is 0 Å². The van der Waals surface area contributed by atoms with Gasteiger partial charge in [0, 0.05) is 27.4 Å². The Bertz CT molecular complexity index is 346. The van der Waals surface area contributed by atoms with Crippen molar-refractivity contribution < 1.29 is 0 Å². The highest BCUT2D eigenvalue weighted by Crippen LogP contribution is 2.15. The zero-order chi connectivity index (χ0) is 11.0. The van der Waals surface area contributed by atoms with Crippen LogP contribution in [0.5, 0.6) is 0 Å². The van der Waals surface area contributed by atoms with Crippen LogP contribution in [0.3, 0.4) is 0 Å². The maximum Gasteiger partial charge on any atom is 0.131 e. The number of rotatable bonds is 0. The lowest BCUT2D eigenvalue weighted by Crippen LogP contribution is -1.91. The molecule has 2 nitrogen and oxygen atoms in total. The number of nitrogen functional groups attached to an aromatic ring is 1. The first-order valence-corrected chi connectivity index (χ1v) is 7.67. The van der Waals surface area contributed by atoms with Gasteiger partial charge in [-0.05, 0) is 20.3 Å². The third kappa shape index (κ3) is 4.94. The van der Waals surface area contributed by atoms with Gasteiger partial charge in [-0.1, -0.05) is 31.4 Å². The summed E-state index contributed by atoms with van der Waals surface area (Å²) in [5, 5.41) is 3.20. The maximum atomic E-state index is 5.62. The molecule has 0 atom stereocenters. The van der Waals surface area contributed by atoms with Crippen molar-refractivity contribution in [1.29, 1.82) is 0 Å². The van der Waals surface area contributed by atoms with Crippen LogP contribution in [0, 0.1) is 11.2 Å². The molecule has 0 aromatic carbocycles. The Labute approximate surface area is 106 Å². The fourth-order valence-corrected chi connectivity index (χ4v) is 1.27. The van der Waals surface area contributed by atoms with Crippen LogP contribution in [-0.2, 0) is 0 Å². The molecule has 0 aliphatic heterocycles. The average Bonchev–Trinajstić information content (AvgIpc) is 2.20. The standard InChI is InChI=1S/C7H4ClIN2S.C2H6/c8-7-3-6(10)5(4-11-7)1-2-12-9;1-2/h3-4H,(H2,10,11);1-2H3. The molecular formula is C9H10ClIN2S. The lowest BCUT2D eigenvalue weighted by atomic mass is 10.2. The third-order valence-corrected chi connectivity index (χ3v) is 2.17. The van der Waals surface area contributed by atoms with Gasteiger partial charge in [-0.3, -0.25) is 0 Å². The van der Waals surface area contributed by atoms with Crippen LogP contribution in [0.2, 0.25) is 5.15 Å². The number of nitrogens with zero attached hydrogens (tertiary/aromatic N) is 1. The molecule has 1 aromatic heterocycles. The predicted molar refractivity (Wildman–Crippen MR) is 73.5 cm³/mol. The van der Waals surface area contributed by atoms with Crippen molar-refractivity contribution in [3.8, 4) is 11.2 Å². The Morgan fingerprint density at radius 2 is 2.21 bits per heavy atom. The lowest BCUT2D eigenvalue weighted by molar-refractivity contribution is 1.32. The minimum atomic E-state index is 0.389. The van der Waals surface area contributed by atoms with Crippen molar-refractivity contribution in [2.75, 3.05) is 5.73 Å². The first-order valence-electron chi connectivity index (χ1n) is 3.93. The smallest absolute Gasteiger partial charge is 0.131 e. The molecule has 1 rings (SSSR count). The number of halogens is 2. The van der Waals surface area contributed by atoms with Gasteiger partial charge >= 0.3 is 0 Å². The summed E-state index contributed by atoms with van der Waals surface area (Å²) in [7, 11) is 1.40. The van der Waals surface area contributed by atoms with Crippen molar-refractivity contribution in [2.45, 2.75) is 13.8 Å². The number of aromatic nitrogens is 1. The van der Waals surface area contributed by atoms with Crippen LogP contribution < -0.4 is 5.73 Å². The van der Waals surface area contributed by atoms with Crippen molar-refractivity contribution in [3.63, 3.8) is 0 Å². The molecule has 5 heteroatoms. The highest BCUT2D eigenvalue weighted by Gasteiger charge is 1.96. The number of hydrogen-bond acceptors (Lipinski definition) is 3. The Morgan fingerprint density at radius 1 is 1.57 bits per heavy atom. The normalized spacial score (nSPS) is 8.00. The van der Waals surface area contributed by atoms with Crippen LogP contribution >= 0.6 is 41.7 Å². The Balaban J connectivity index is 0.000000791. The molecule has 0 unspecified atom stereocenters. The molecule has 0 spiro atoms. The second kappa shape index (κ2) is 8.21. The molecule has 0 amide bonds. The predicted octanol–water partition coefficient (Wildman–Crippen LogP) is 3.74. The van der Waals surface area contributed by atoms with Crippen molar-refractivity contribution >= 4 is 47.4 Å². The van der Waals surface area contributed by atoms with E-state index in [0.717, 1.165) is 0 Å². The summed E-state index contributed by atoms with van der Waals surface area (Å²) >= 11 is 7.69. The molecule has 76 valence electrons. The topological polar surface area (TPSA) is 38.9 Å². The summed E-state index contributed by atoms with van der Waals surface area (Å²) in [6.45, 7) is 4.00. The Kier molecular flexibility index (Phi) is 8.14. The van der Waals surface area contributed by atoms with E-state index in [1.807, 2.05) is 13.8 Å². The molecule has 2 N–H and O–H groups in total. The van der Waals surface area contributed by atoms with Crippen LogP contribution in [0.1, 0.15) is 19.4 Å². The lowest BCUT2D eigenvalue weighted by Gasteiger charge is -1.96. The molecule has 0 radical (unpaired) electrons. The first kappa shape index (κ1) is 13.9. The Morgan fingerprint density at radius 3 is 2.71 bits per heavy atom. The van der Waals surface area contributed by atoms with E-state index in [9.17, 15) is 0 Å². The average molecular weight is 341 g/mol. The van der Waals surface area contributed by atoms with Crippen molar-refractivity contribution in [1.82, 2.24) is 4.98 Å². The molecule has 0 saturated heterocycles. The monoisotopic (exact) mass is 340 g/mol. The second-order valence-electron chi connectivity index (χ2n) is 1.90. The van der Waals surface area contributed by atoms with Crippen LogP contribution in [0.15, 0.2) is 12.3 Å². The molecule has 0 fully saturated rings. The largest absolute Gasteiger partial charge is 0.398 e. The summed E-state index contributed by atoms with van der Waals surface area (Å²) in [6, 6.07) is 1.59. The summed E-state index contributed by atoms with van der Waals surface area (Å²) in [5.41, 5.74) is 6.90. The minimum absolute atomic E-state index is 0.389. The fraction of sp³-hybridized carbons (Fsp3) is 0.222.